The van der Waals surface area contributed by atoms with Gasteiger partial charge in [0.1, 0.15) is 6.33 Å². The average Bonchev–Trinajstić information content (AvgIpc) is 3.17. The lowest BCUT2D eigenvalue weighted by molar-refractivity contribution is 0.493. The summed E-state index contributed by atoms with van der Waals surface area (Å²) in [5.41, 5.74) is 4.23. The van der Waals surface area contributed by atoms with E-state index < -0.39 is 0 Å². The maximum Gasteiger partial charge on any atom is 0.246 e. The molecule has 6 nitrogen and oxygen atoms in total. The normalized spacial score (nSPS) is 16.7. The number of aryl methyl sites for hydroxylation is 1. The number of hydrogen-bond donors (Lipinski definition) is 1. The van der Waals surface area contributed by atoms with Gasteiger partial charge in [-0.1, -0.05) is 18.2 Å². The third-order valence-corrected chi connectivity index (χ3v) is 4.80. The van der Waals surface area contributed by atoms with Crippen LogP contribution in [0.5, 0.6) is 0 Å². The molecule has 0 bridgehead atoms. The quantitative estimate of drug-likeness (QED) is 0.751. The molecular formula is C21H24N6. The van der Waals surface area contributed by atoms with E-state index in [1.54, 1.807) is 11.0 Å². The first-order valence-electron chi connectivity index (χ1n) is 9.21. The molecule has 2 aromatic carbocycles. The van der Waals surface area contributed by atoms with E-state index in [-0.39, 0.29) is 7.34 Å². The highest BCUT2D eigenvalue weighted by Gasteiger charge is 2.20. The number of nitriles is 1. The van der Waals surface area contributed by atoms with E-state index in [2.05, 4.69) is 51.5 Å². The van der Waals surface area contributed by atoms with Gasteiger partial charge >= 0.3 is 0 Å². The van der Waals surface area contributed by atoms with Crippen molar-refractivity contribution in [3.8, 4) is 11.8 Å². The molecule has 4 rings (SSSR count). The first-order valence-corrected chi connectivity index (χ1v) is 9.21. The lowest BCUT2D eigenvalue weighted by Gasteiger charge is -2.32. The van der Waals surface area contributed by atoms with Crippen LogP contribution in [0.4, 0.5) is 17.3 Å². The Labute approximate surface area is 160 Å². The van der Waals surface area contributed by atoms with Crippen molar-refractivity contribution in [3.05, 3.63) is 60.4 Å². The number of benzene rings is 2. The average molecular weight is 360 g/mol. The molecule has 2 heterocycles. The van der Waals surface area contributed by atoms with E-state index in [4.69, 9.17) is 0 Å². The smallest absolute Gasteiger partial charge is 0.246 e. The standard InChI is InChI=1S/C21H22N6.H2/c1-16-10-18(12-20(11-16)26-9-5-6-17(13-22)14-26)24-21-23-15-27(25-21)19-7-3-2-4-8-19;/h2-4,7-8,10-12,15,17H,5-6,9,14H2,1H3,(H,24,25);1H. The molecule has 1 atom stereocenters. The maximum absolute atomic E-state index is 9.25. The fourth-order valence-electron chi connectivity index (χ4n) is 3.49. The largest absolute Gasteiger partial charge is 0.370 e. The molecule has 1 saturated heterocycles. The maximum atomic E-state index is 9.25. The van der Waals surface area contributed by atoms with Gasteiger partial charge in [-0.25, -0.2) is 4.68 Å². The number of anilines is 3. The molecule has 1 aliphatic heterocycles. The van der Waals surface area contributed by atoms with Gasteiger partial charge in [0.25, 0.3) is 0 Å². The van der Waals surface area contributed by atoms with Crippen LogP contribution in [0.25, 0.3) is 5.69 Å². The van der Waals surface area contributed by atoms with Crippen LogP contribution in [-0.2, 0) is 0 Å². The minimum absolute atomic E-state index is 0. The van der Waals surface area contributed by atoms with Crippen LogP contribution in [0.1, 0.15) is 19.8 Å². The van der Waals surface area contributed by atoms with Crippen molar-refractivity contribution in [2.45, 2.75) is 19.8 Å². The molecular weight excluding hydrogens is 336 g/mol. The molecule has 27 heavy (non-hydrogen) atoms. The third-order valence-electron chi connectivity index (χ3n) is 4.80. The van der Waals surface area contributed by atoms with E-state index in [1.165, 1.54) is 0 Å². The van der Waals surface area contributed by atoms with Crippen LogP contribution in [-0.4, -0.2) is 27.9 Å². The fourth-order valence-corrected chi connectivity index (χ4v) is 3.49. The Balaban J connectivity index is 0.00000225. The monoisotopic (exact) mass is 360 g/mol. The zero-order valence-electron chi connectivity index (χ0n) is 15.3. The van der Waals surface area contributed by atoms with Crippen LogP contribution in [0, 0.1) is 24.2 Å². The van der Waals surface area contributed by atoms with Gasteiger partial charge in [0.05, 0.1) is 17.7 Å². The highest BCUT2D eigenvalue weighted by molar-refractivity contribution is 5.64. The lowest BCUT2D eigenvalue weighted by atomic mass is 9.99. The van der Waals surface area contributed by atoms with E-state index in [0.717, 1.165) is 48.6 Å². The summed E-state index contributed by atoms with van der Waals surface area (Å²) in [6, 6.07) is 18.7. The Kier molecular flexibility index (Phi) is 4.75. The van der Waals surface area contributed by atoms with E-state index >= 15 is 0 Å². The number of nitrogens with one attached hydrogen (secondary N) is 1. The first-order chi connectivity index (χ1) is 13.2. The minimum atomic E-state index is 0. The predicted molar refractivity (Wildman–Crippen MR) is 108 cm³/mol. The van der Waals surface area contributed by atoms with E-state index in [9.17, 15) is 5.26 Å². The summed E-state index contributed by atoms with van der Waals surface area (Å²) in [4.78, 5) is 6.67. The van der Waals surface area contributed by atoms with Gasteiger partial charge in [0.15, 0.2) is 0 Å². The second-order valence-electron chi connectivity index (χ2n) is 6.94. The summed E-state index contributed by atoms with van der Waals surface area (Å²) < 4.78 is 1.75. The van der Waals surface area contributed by atoms with Crippen molar-refractivity contribution in [2.24, 2.45) is 5.92 Å². The summed E-state index contributed by atoms with van der Waals surface area (Å²) in [7, 11) is 0. The molecule has 1 N–H and O–H groups in total. The number of rotatable bonds is 4. The van der Waals surface area contributed by atoms with E-state index in [0.29, 0.717) is 5.95 Å². The summed E-state index contributed by atoms with van der Waals surface area (Å²) in [5, 5.41) is 17.1. The van der Waals surface area contributed by atoms with Crippen molar-refractivity contribution in [1.82, 2.24) is 14.8 Å². The highest BCUT2D eigenvalue weighted by Crippen LogP contribution is 2.28. The molecule has 1 aromatic heterocycles. The molecule has 0 radical (unpaired) electrons. The molecule has 0 spiro atoms. The summed E-state index contributed by atoms with van der Waals surface area (Å²) in [5.74, 6) is 0.669. The first kappa shape index (κ1) is 17.1. The van der Waals surface area contributed by atoms with Gasteiger partial charge in [-0.2, -0.15) is 10.2 Å². The van der Waals surface area contributed by atoms with Crippen molar-refractivity contribution < 1.29 is 1.43 Å². The van der Waals surface area contributed by atoms with Crippen LogP contribution in [0.15, 0.2) is 54.9 Å². The number of aromatic nitrogens is 3. The molecule has 0 aliphatic carbocycles. The summed E-state index contributed by atoms with van der Waals surface area (Å²) in [6.07, 6.45) is 3.75. The van der Waals surface area contributed by atoms with Gasteiger partial charge < -0.3 is 10.2 Å². The van der Waals surface area contributed by atoms with Crippen molar-refractivity contribution in [2.75, 3.05) is 23.3 Å². The number of para-hydroxylation sites is 1. The van der Waals surface area contributed by atoms with Crippen LogP contribution >= 0.6 is 0 Å². The molecule has 138 valence electrons. The topological polar surface area (TPSA) is 69.8 Å². The predicted octanol–water partition coefficient (Wildman–Crippen LogP) is 4.31. The van der Waals surface area contributed by atoms with Gasteiger partial charge in [0.2, 0.25) is 5.95 Å². The Bertz CT molecular complexity index is 963. The second-order valence-corrected chi connectivity index (χ2v) is 6.94. The minimum Gasteiger partial charge on any atom is -0.370 e. The SMILES string of the molecule is Cc1cc(Nc2ncn(-c3ccccc3)n2)cc(N2CCCC(C#N)C2)c1.[HH]. The van der Waals surface area contributed by atoms with Crippen molar-refractivity contribution in [3.63, 3.8) is 0 Å². The van der Waals surface area contributed by atoms with Gasteiger partial charge in [0, 0.05) is 25.9 Å². The number of nitrogens with zero attached hydrogens (tertiary/aromatic N) is 5. The van der Waals surface area contributed by atoms with E-state index in [1.807, 2.05) is 30.3 Å². The Hall–Kier alpha value is -3.33. The molecule has 0 saturated carbocycles. The zero-order chi connectivity index (χ0) is 18.6. The Morgan fingerprint density at radius 1 is 1.19 bits per heavy atom. The molecule has 6 heteroatoms. The van der Waals surface area contributed by atoms with Gasteiger partial charge in [-0.15, -0.1) is 5.10 Å². The second kappa shape index (κ2) is 7.50. The number of piperidine rings is 1. The lowest BCUT2D eigenvalue weighted by Crippen LogP contribution is -2.34. The summed E-state index contributed by atoms with van der Waals surface area (Å²) in [6.45, 7) is 3.86. The zero-order valence-corrected chi connectivity index (χ0v) is 15.3. The molecule has 3 aromatic rings. The Morgan fingerprint density at radius 3 is 2.85 bits per heavy atom. The molecule has 0 amide bonds. The fraction of sp³-hybridized carbons (Fsp3) is 0.286. The number of hydrogen-bond acceptors (Lipinski definition) is 5. The van der Waals surface area contributed by atoms with Crippen molar-refractivity contribution >= 4 is 17.3 Å². The highest BCUT2D eigenvalue weighted by atomic mass is 15.4. The van der Waals surface area contributed by atoms with Crippen LogP contribution in [0.3, 0.4) is 0 Å². The van der Waals surface area contributed by atoms with Gasteiger partial charge in [-0.05, 0) is 55.7 Å². The molecule has 1 unspecified atom stereocenters. The molecule has 1 fully saturated rings. The van der Waals surface area contributed by atoms with Crippen LogP contribution in [0.2, 0.25) is 0 Å². The van der Waals surface area contributed by atoms with Crippen molar-refractivity contribution in [1.29, 1.82) is 5.26 Å². The molecule has 1 aliphatic rings. The third kappa shape index (κ3) is 3.93. The Morgan fingerprint density at radius 2 is 2.04 bits per heavy atom. The summed E-state index contributed by atoms with van der Waals surface area (Å²) >= 11 is 0. The van der Waals surface area contributed by atoms with Gasteiger partial charge in [-0.3, -0.25) is 0 Å². The van der Waals surface area contributed by atoms with Crippen LogP contribution < -0.4 is 10.2 Å².